The third-order valence-electron chi connectivity index (χ3n) is 1.88. The third-order valence-corrected chi connectivity index (χ3v) is 2.74. The number of aromatic nitrogens is 2. The normalized spacial score (nSPS) is 10.7. The molecule has 0 radical (unpaired) electrons. The average Bonchev–Trinajstić information content (AvgIpc) is 2.74. The number of hydrogen-bond acceptors (Lipinski definition) is 5. The number of nitrogens with zero attached hydrogens (tertiary/aromatic N) is 2. The van der Waals surface area contributed by atoms with E-state index in [2.05, 4.69) is 20.9 Å². The highest BCUT2D eigenvalue weighted by atomic mass is 32.1. The highest BCUT2D eigenvalue weighted by Gasteiger charge is 2.10. The number of nitrogens with one attached hydrogen (secondary N) is 1. The van der Waals surface area contributed by atoms with Gasteiger partial charge in [0.05, 0.1) is 12.1 Å². The van der Waals surface area contributed by atoms with E-state index in [9.17, 15) is 0 Å². The van der Waals surface area contributed by atoms with Crippen LogP contribution in [0.3, 0.4) is 0 Å². The molecule has 0 amide bonds. The molecule has 1 N–H and O–H groups in total. The fraction of sp³-hybridized carbons (Fsp3) is 0.333. The largest absolute Gasteiger partial charge is 0.419 e. The summed E-state index contributed by atoms with van der Waals surface area (Å²) in [5.41, 5.74) is 2.21. The zero-order valence-electron chi connectivity index (χ0n) is 8.07. The molecule has 4 nitrogen and oxygen atoms in total. The van der Waals surface area contributed by atoms with E-state index in [1.54, 1.807) is 11.3 Å². The van der Waals surface area contributed by atoms with Crippen LogP contribution in [0.4, 0.5) is 0 Å². The van der Waals surface area contributed by atoms with Gasteiger partial charge in [0.25, 0.3) is 0 Å². The van der Waals surface area contributed by atoms with Crippen molar-refractivity contribution < 1.29 is 4.42 Å². The fourth-order valence-electron chi connectivity index (χ4n) is 1.16. The molecule has 2 aromatic heterocycles. The molecule has 0 unspecified atom stereocenters. The molecule has 0 atom stereocenters. The van der Waals surface area contributed by atoms with Crippen LogP contribution in [0.2, 0.25) is 0 Å². The quantitative estimate of drug-likeness (QED) is 0.837. The molecule has 2 rings (SSSR count). The first-order chi connectivity index (χ1) is 6.81. The van der Waals surface area contributed by atoms with E-state index in [4.69, 9.17) is 4.42 Å². The van der Waals surface area contributed by atoms with Crippen molar-refractivity contribution in [3.05, 3.63) is 22.2 Å². The molecule has 0 aliphatic heterocycles. The maximum Gasteiger partial charge on any atom is 0.248 e. The summed E-state index contributed by atoms with van der Waals surface area (Å²) >= 11 is 1.64. The summed E-state index contributed by atoms with van der Waals surface area (Å²) in [5.74, 6) is 1.22. The van der Waals surface area contributed by atoms with Gasteiger partial charge in [-0.15, -0.1) is 10.2 Å². The molecule has 74 valence electrons. The van der Waals surface area contributed by atoms with Gasteiger partial charge in [-0.25, -0.2) is 0 Å². The van der Waals surface area contributed by atoms with Crippen LogP contribution >= 0.6 is 11.3 Å². The van der Waals surface area contributed by atoms with Gasteiger partial charge in [-0.2, -0.15) is 11.3 Å². The van der Waals surface area contributed by atoms with Crippen molar-refractivity contribution in [2.24, 2.45) is 0 Å². The minimum absolute atomic E-state index is 0.606. The first-order valence-electron chi connectivity index (χ1n) is 4.31. The lowest BCUT2D eigenvalue weighted by Crippen LogP contribution is -2.04. The molecular weight excluding hydrogens is 198 g/mol. The average molecular weight is 209 g/mol. The maximum atomic E-state index is 5.47. The molecule has 0 spiro atoms. The zero-order valence-corrected chi connectivity index (χ0v) is 8.89. The summed E-state index contributed by atoms with van der Waals surface area (Å²) in [4.78, 5) is 0. The van der Waals surface area contributed by atoms with Gasteiger partial charge in [-0.3, -0.25) is 0 Å². The fourth-order valence-corrected chi connectivity index (χ4v) is 1.99. The molecule has 0 saturated heterocycles. The Morgan fingerprint density at radius 1 is 1.43 bits per heavy atom. The van der Waals surface area contributed by atoms with Gasteiger partial charge >= 0.3 is 0 Å². The summed E-state index contributed by atoms with van der Waals surface area (Å²) in [7, 11) is 1.85. The van der Waals surface area contributed by atoms with E-state index in [1.807, 2.05) is 19.4 Å². The van der Waals surface area contributed by atoms with E-state index in [0.29, 0.717) is 18.3 Å². The van der Waals surface area contributed by atoms with E-state index in [1.165, 1.54) is 5.56 Å². The van der Waals surface area contributed by atoms with Gasteiger partial charge in [-0.1, -0.05) is 0 Å². The van der Waals surface area contributed by atoms with Gasteiger partial charge in [0, 0.05) is 5.38 Å². The molecule has 0 bridgehead atoms. The van der Waals surface area contributed by atoms with Crippen molar-refractivity contribution in [3.63, 3.8) is 0 Å². The van der Waals surface area contributed by atoms with Crippen molar-refractivity contribution in [1.82, 2.24) is 15.5 Å². The Bertz CT molecular complexity index is 421. The van der Waals surface area contributed by atoms with Gasteiger partial charge < -0.3 is 9.73 Å². The Balaban J connectivity index is 2.29. The van der Waals surface area contributed by atoms with Crippen LogP contribution in [0.15, 0.2) is 15.2 Å². The number of hydrogen-bond donors (Lipinski definition) is 1. The molecule has 0 aliphatic rings. The first kappa shape index (κ1) is 9.36. The van der Waals surface area contributed by atoms with Crippen molar-refractivity contribution in [2.75, 3.05) is 7.05 Å². The van der Waals surface area contributed by atoms with Crippen LogP contribution in [0.25, 0.3) is 11.5 Å². The summed E-state index contributed by atoms with van der Waals surface area (Å²) < 4.78 is 5.47. The zero-order chi connectivity index (χ0) is 9.97. The van der Waals surface area contributed by atoms with Crippen LogP contribution in [0.5, 0.6) is 0 Å². The Morgan fingerprint density at radius 3 is 2.93 bits per heavy atom. The molecule has 14 heavy (non-hydrogen) atoms. The van der Waals surface area contributed by atoms with Gasteiger partial charge in [0.15, 0.2) is 0 Å². The summed E-state index contributed by atoms with van der Waals surface area (Å²) in [6.45, 7) is 2.64. The molecule has 0 saturated carbocycles. The highest BCUT2D eigenvalue weighted by molar-refractivity contribution is 7.08. The lowest BCUT2D eigenvalue weighted by Gasteiger charge is -1.91. The summed E-state index contributed by atoms with van der Waals surface area (Å²) in [6, 6.07) is 0. The lowest BCUT2D eigenvalue weighted by atomic mass is 10.2. The van der Waals surface area contributed by atoms with E-state index in [0.717, 1.165) is 5.56 Å². The Kier molecular flexibility index (Phi) is 2.60. The SMILES string of the molecule is CNCc1nnc(-c2cscc2C)o1. The lowest BCUT2D eigenvalue weighted by molar-refractivity contribution is 0.490. The minimum atomic E-state index is 0.606. The van der Waals surface area contributed by atoms with E-state index in [-0.39, 0.29) is 0 Å². The molecule has 0 aromatic carbocycles. The number of rotatable bonds is 3. The predicted octanol–water partition coefficient (Wildman–Crippen LogP) is 1.83. The van der Waals surface area contributed by atoms with Gasteiger partial charge in [0.1, 0.15) is 0 Å². The molecular formula is C9H11N3OS. The second-order valence-electron chi connectivity index (χ2n) is 3.00. The van der Waals surface area contributed by atoms with Crippen molar-refractivity contribution in [1.29, 1.82) is 0 Å². The van der Waals surface area contributed by atoms with Crippen molar-refractivity contribution >= 4 is 11.3 Å². The Hall–Kier alpha value is -1.20. The minimum Gasteiger partial charge on any atom is -0.419 e. The van der Waals surface area contributed by atoms with Crippen molar-refractivity contribution in [2.45, 2.75) is 13.5 Å². The number of thiophene rings is 1. The first-order valence-corrected chi connectivity index (χ1v) is 5.25. The van der Waals surface area contributed by atoms with Crippen LogP contribution in [0.1, 0.15) is 11.5 Å². The Morgan fingerprint density at radius 2 is 2.29 bits per heavy atom. The van der Waals surface area contributed by atoms with Crippen LogP contribution < -0.4 is 5.32 Å². The van der Waals surface area contributed by atoms with Crippen molar-refractivity contribution in [3.8, 4) is 11.5 Å². The molecule has 2 heterocycles. The second-order valence-corrected chi connectivity index (χ2v) is 3.74. The molecule has 0 aliphatic carbocycles. The smallest absolute Gasteiger partial charge is 0.248 e. The monoisotopic (exact) mass is 209 g/mol. The molecule has 2 aromatic rings. The summed E-state index contributed by atoms with van der Waals surface area (Å²) in [5, 5.41) is 15.0. The van der Waals surface area contributed by atoms with E-state index < -0.39 is 0 Å². The Labute approximate surface area is 86.0 Å². The highest BCUT2D eigenvalue weighted by Crippen LogP contribution is 2.25. The van der Waals surface area contributed by atoms with Gasteiger partial charge in [-0.05, 0) is 24.9 Å². The topological polar surface area (TPSA) is 51.0 Å². The van der Waals surface area contributed by atoms with E-state index >= 15 is 0 Å². The van der Waals surface area contributed by atoms with Crippen LogP contribution in [-0.4, -0.2) is 17.2 Å². The maximum absolute atomic E-state index is 5.47. The second kappa shape index (κ2) is 3.89. The van der Waals surface area contributed by atoms with Crippen LogP contribution in [0, 0.1) is 6.92 Å². The van der Waals surface area contributed by atoms with Crippen LogP contribution in [-0.2, 0) is 6.54 Å². The number of aryl methyl sites for hydroxylation is 1. The summed E-state index contributed by atoms with van der Waals surface area (Å²) in [6.07, 6.45) is 0. The predicted molar refractivity (Wildman–Crippen MR) is 55.1 cm³/mol. The standard InChI is InChI=1S/C9H11N3OS/c1-6-4-14-5-7(6)9-12-11-8(13-9)3-10-2/h4-5,10H,3H2,1-2H3. The molecule has 5 heteroatoms. The third kappa shape index (κ3) is 1.69. The van der Waals surface area contributed by atoms with Gasteiger partial charge in [0.2, 0.25) is 11.8 Å². The molecule has 0 fully saturated rings.